The number of ether oxygens (including phenoxy) is 1. The van der Waals surface area contributed by atoms with E-state index < -0.39 is 0 Å². The average Bonchev–Trinajstić information content (AvgIpc) is 2.47. The summed E-state index contributed by atoms with van der Waals surface area (Å²) in [5.74, 6) is 0.145. The fourth-order valence-corrected chi connectivity index (χ4v) is 2.65. The van der Waals surface area contributed by atoms with Gasteiger partial charge in [-0.2, -0.15) is 0 Å². The summed E-state index contributed by atoms with van der Waals surface area (Å²) in [6.07, 6.45) is 2.45. The van der Waals surface area contributed by atoms with Crippen LogP contribution in [0.1, 0.15) is 38.7 Å². The third kappa shape index (κ3) is 3.33. The molecule has 0 aliphatic carbocycles. The van der Waals surface area contributed by atoms with E-state index in [1.165, 1.54) is 0 Å². The first-order valence-electron chi connectivity index (χ1n) is 7.23. The molecule has 0 bridgehead atoms. The van der Waals surface area contributed by atoms with E-state index in [4.69, 9.17) is 16.3 Å². The molecule has 4 heteroatoms. The molecule has 110 valence electrons. The van der Waals surface area contributed by atoms with E-state index in [1.807, 2.05) is 38.1 Å². The molecule has 1 aliphatic rings. The van der Waals surface area contributed by atoms with E-state index in [1.54, 1.807) is 0 Å². The van der Waals surface area contributed by atoms with E-state index >= 15 is 0 Å². The molecule has 1 fully saturated rings. The predicted molar refractivity (Wildman–Crippen MR) is 80.8 cm³/mol. The Hall–Kier alpha value is -1.06. The molecule has 0 radical (unpaired) electrons. The van der Waals surface area contributed by atoms with Crippen LogP contribution in [0.15, 0.2) is 24.3 Å². The molecular weight excluding hydrogens is 274 g/mol. The van der Waals surface area contributed by atoms with Crippen LogP contribution < -0.4 is 5.32 Å². The number of carbonyl (C=O) groups is 1. The van der Waals surface area contributed by atoms with E-state index in [0.717, 1.165) is 24.8 Å². The second-order valence-corrected chi connectivity index (χ2v) is 5.94. The van der Waals surface area contributed by atoms with E-state index in [0.29, 0.717) is 18.2 Å². The van der Waals surface area contributed by atoms with Crippen LogP contribution in [-0.4, -0.2) is 19.1 Å². The molecule has 1 aliphatic heterocycles. The zero-order valence-electron chi connectivity index (χ0n) is 12.1. The molecule has 0 spiro atoms. The first-order valence-corrected chi connectivity index (χ1v) is 7.61. The molecule has 1 saturated heterocycles. The van der Waals surface area contributed by atoms with Crippen LogP contribution in [0.25, 0.3) is 0 Å². The molecule has 1 atom stereocenters. The molecule has 2 rings (SSSR count). The highest BCUT2D eigenvalue weighted by Gasteiger charge is 2.36. The Bertz CT molecular complexity index is 452. The highest BCUT2D eigenvalue weighted by Crippen LogP contribution is 2.33. The van der Waals surface area contributed by atoms with Crippen molar-refractivity contribution in [3.05, 3.63) is 34.9 Å². The van der Waals surface area contributed by atoms with Gasteiger partial charge in [0, 0.05) is 24.2 Å². The van der Waals surface area contributed by atoms with Crippen molar-refractivity contribution in [3.8, 4) is 0 Å². The van der Waals surface area contributed by atoms with Gasteiger partial charge in [0.15, 0.2) is 0 Å². The van der Waals surface area contributed by atoms with Gasteiger partial charge in [-0.25, -0.2) is 0 Å². The van der Waals surface area contributed by atoms with Gasteiger partial charge in [0.05, 0.1) is 5.54 Å². The minimum Gasteiger partial charge on any atom is -0.381 e. The molecule has 1 unspecified atom stereocenters. The molecule has 3 nitrogen and oxygen atoms in total. The van der Waals surface area contributed by atoms with Gasteiger partial charge in [-0.1, -0.05) is 37.6 Å². The van der Waals surface area contributed by atoms with Gasteiger partial charge in [0.2, 0.25) is 5.91 Å². The van der Waals surface area contributed by atoms with Crippen molar-refractivity contribution in [1.82, 2.24) is 5.32 Å². The van der Waals surface area contributed by atoms with Crippen LogP contribution in [0, 0.1) is 5.92 Å². The highest BCUT2D eigenvalue weighted by molar-refractivity contribution is 6.30. The van der Waals surface area contributed by atoms with Gasteiger partial charge in [0.25, 0.3) is 0 Å². The average molecular weight is 296 g/mol. The first-order chi connectivity index (χ1) is 9.57. The summed E-state index contributed by atoms with van der Waals surface area (Å²) in [5, 5.41) is 3.97. The van der Waals surface area contributed by atoms with Crippen LogP contribution >= 0.6 is 11.6 Å². The Labute approximate surface area is 125 Å². The molecular formula is C16H22ClNO2. The third-order valence-electron chi connectivity index (χ3n) is 4.17. The lowest BCUT2D eigenvalue weighted by molar-refractivity contribution is -0.128. The summed E-state index contributed by atoms with van der Waals surface area (Å²) in [7, 11) is 0. The maximum atomic E-state index is 12.3. The Kier molecular flexibility index (Phi) is 5.06. The number of hydrogen-bond acceptors (Lipinski definition) is 2. The lowest BCUT2D eigenvalue weighted by Crippen LogP contribution is -2.50. The maximum absolute atomic E-state index is 12.3. The smallest absolute Gasteiger partial charge is 0.223 e. The Morgan fingerprint density at radius 3 is 2.50 bits per heavy atom. The third-order valence-corrected chi connectivity index (χ3v) is 4.42. The van der Waals surface area contributed by atoms with Crippen molar-refractivity contribution < 1.29 is 9.53 Å². The van der Waals surface area contributed by atoms with Crippen LogP contribution in [-0.2, 0) is 15.1 Å². The van der Waals surface area contributed by atoms with Gasteiger partial charge < -0.3 is 10.1 Å². The van der Waals surface area contributed by atoms with E-state index in [-0.39, 0.29) is 17.4 Å². The molecule has 1 heterocycles. The van der Waals surface area contributed by atoms with Crippen LogP contribution in [0.4, 0.5) is 0 Å². The summed E-state index contributed by atoms with van der Waals surface area (Å²) in [6, 6.07) is 7.77. The molecule has 1 N–H and O–H groups in total. The monoisotopic (exact) mass is 295 g/mol. The van der Waals surface area contributed by atoms with Gasteiger partial charge in [-0.05, 0) is 37.0 Å². The first kappa shape index (κ1) is 15.3. The van der Waals surface area contributed by atoms with Crippen molar-refractivity contribution in [2.75, 3.05) is 13.2 Å². The number of amides is 1. The summed E-state index contributed by atoms with van der Waals surface area (Å²) >= 11 is 5.96. The Morgan fingerprint density at radius 2 is 1.95 bits per heavy atom. The number of carbonyl (C=O) groups excluding carboxylic acids is 1. The summed E-state index contributed by atoms with van der Waals surface area (Å²) in [4.78, 5) is 12.3. The van der Waals surface area contributed by atoms with Crippen LogP contribution in [0.3, 0.4) is 0 Å². The number of rotatable bonds is 4. The van der Waals surface area contributed by atoms with Crippen molar-refractivity contribution in [3.63, 3.8) is 0 Å². The quantitative estimate of drug-likeness (QED) is 0.923. The summed E-state index contributed by atoms with van der Waals surface area (Å²) in [6.45, 7) is 5.33. The number of benzene rings is 1. The van der Waals surface area contributed by atoms with Crippen molar-refractivity contribution >= 4 is 17.5 Å². The minimum absolute atomic E-state index is 0.0296. The molecule has 1 aromatic carbocycles. The lowest BCUT2D eigenvalue weighted by atomic mass is 9.82. The van der Waals surface area contributed by atoms with Gasteiger partial charge in [-0.15, -0.1) is 0 Å². The topological polar surface area (TPSA) is 38.3 Å². The van der Waals surface area contributed by atoms with Crippen LogP contribution in [0.2, 0.25) is 5.02 Å². The van der Waals surface area contributed by atoms with Gasteiger partial charge in [0.1, 0.15) is 0 Å². The van der Waals surface area contributed by atoms with Crippen LogP contribution in [0.5, 0.6) is 0 Å². The predicted octanol–water partition coefficient (Wildman–Crippen LogP) is 3.51. The van der Waals surface area contributed by atoms with Gasteiger partial charge >= 0.3 is 0 Å². The SMILES string of the molecule is CCC(C)C(=O)NC1(c2ccc(Cl)cc2)CCOCC1. The fraction of sp³-hybridized carbons (Fsp3) is 0.562. The molecule has 20 heavy (non-hydrogen) atoms. The molecule has 1 aromatic rings. The number of halogens is 1. The minimum atomic E-state index is -0.316. The zero-order valence-corrected chi connectivity index (χ0v) is 12.9. The number of hydrogen-bond donors (Lipinski definition) is 1. The normalized spacial score (nSPS) is 19.4. The van der Waals surface area contributed by atoms with Crippen molar-refractivity contribution in [1.29, 1.82) is 0 Å². The van der Waals surface area contributed by atoms with Crippen molar-refractivity contribution in [2.45, 2.75) is 38.6 Å². The van der Waals surface area contributed by atoms with Crippen molar-refractivity contribution in [2.24, 2.45) is 5.92 Å². The Morgan fingerprint density at radius 1 is 1.35 bits per heavy atom. The number of nitrogens with one attached hydrogen (secondary N) is 1. The van der Waals surface area contributed by atoms with E-state index in [2.05, 4.69) is 5.32 Å². The molecule has 0 saturated carbocycles. The molecule has 0 aromatic heterocycles. The largest absolute Gasteiger partial charge is 0.381 e. The van der Waals surface area contributed by atoms with Gasteiger partial charge in [-0.3, -0.25) is 4.79 Å². The fourth-order valence-electron chi connectivity index (χ4n) is 2.52. The summed E-state index contributed by atoms with van der Waals surface area (Å²) < 4.78 is 5.46. The molecule has 1 amide bonds. The van der Waals surface area contributed by atoms with E-state index in [9.17, 15) is 4.79 Å². The second kappa shape index (κ2) is 6.59. The standard InChI is InChI=1S/C16H22ClNO2/c1-3-12(2)15(19)18-16(8-10-20-11-9-16)13-4-6-14(17)7-5-13/h4-7,12H,3,8-11H2,1-2H3,(H,18,19). The lowest BCUT2D eigenvalue weighted by Gasteiger charge is -2.39. The summed E-state index contributed by atoms with van der Waals surface area (Å²) in [5.41, 5.74) is 0.797. The zero-order chi connectivity index (χ0) is 14.6. The Balaban J connectivity index is 2.25. The second-order valence-electron chi connectivity index (χ2n) is 5.50. The maximum Gasteiger partial charge on any atom is 0.223 e. The highest BCUT2D eigenvalue weighted by atomic mass is 35.5.